The number of para-hydroxylation sites is 1. The van der Waals surface area contributed by atoms with Crippen molar-refractivity contribution in [2.45, 2.75) is 6.92 Å². The zero-order valence-electron chi connectivity index (χ0n) is 10.7. The van der Waals surface area contributed by atoms with E-state index < -0.39 is 0 Å². The molecular weight excluding hydrogens is 244 g/mol. The Hall–Kier alpha value is -2.21. The molecule has 2 N–H and O–H groups in total. The first kappa shape index (κ1) is 13.2. The van der Waals surface area contributed by atoms with Gasteiger partial charge in [0.2, 0.25) is 0 Å². The van der Waals surface area contributed by atoms with Crippen molar-refractivity contribution in [2.24, 2.45) is 5.92 Å². The van der Waals surface area contributed by atoms with Gasteiger partial charge in [0.1, 0.15) is 0 Å². The molecule has 6 heteroatoms. The van der Waals surface area contributed by atoms with Crippen LogP contribution in [0.5, 0.6) is 0 Å². The Kier molecular flexibility index (Phi) is 4.25. The Morgan fingerprint density at radius 1 is 1.42 bits per heavy atom. The number of carbonyl (C=O) groups excluding carboxylic acids is 1. The van der Waals surface area contributed by atoms with E-state index >= 15 is 0 Å². The zero-order chi connectivity index (χ0) is 13.7. The molecule has 0 aliphatic rings. The van der Waals surface area contributed by atoms with E-state index in [2.05, 4.69) is 15.5 Å². The number of benzene rings is 1. The van der Waals surface area contributed by atoms with Gasteiger partial charge in [0, 0.05) is 13.2 Å². The molecule has 2 aromatic rings. The van der Waals surface area contributed by atoms with E-state index in [1.54, 1.807) is 0 Å². The fourth-order valence-corrected chi connectivity index (χ4v) is 1.47. The Morgan fingerprint density at radius 2 is 2.16 bits per heavy atom. The topological polar surface area (TPSA) is 80.0 Å². The Balaban J connectivity index is 2.03. The molecule has 1 heterocycles. The second-order valence-corrected chi connectivity index (χ2v) is 4.35. The maximum Gasteiger partial charge on any atom is 0.273 e. The lowest BCUT2D eigenvalue weighted by Crippen LogP contribution is -2.29. The highest BCUT2D eigenvalue weighted by Gasteiger charge is 2.12. The van der Waals surface area contributed by atoms with Crippen molar-refractivity contribution < 1.29 is 9.90 Å². The van der Waals surface area contributed by atoms with E-state index in [0.29, 0.717) is 6.54 Å². The summed E-state index contributed by atoms with van der Waals surface area (Å²) in [5.41, 5.74) is 1.05. The number of rotatable bonds is 5. The van der Waals surface area contributed by atoms with Gasteiger partial charge in [-0.3, -0.25) is 4.79 Å². The van der Waals surface area contributed by atoms with Gasteiger partial charge in [0.25, 0.3) is 5.91 Å². The summed E-state index contributed by atoms with van der Waals surface area (Å²) in [5, 5.41) is 19.8. The van der Waals surface area contributed by atoms with Crippen molar-refractivity contribution in [3.8, 4) is 5.69 Å². The van der Waals surface area contributed by atoms with Crippen molar-refractivity contribution in [1.29, 1.82) is 0 Å². The average molecular weight is 260 g/mol. The highest BCUT2D eigenvalue weighted by atomic mass is 16.3. The lowest BCUT2D eigenvalue weighted by Gasteiger charge is -2.07. The number of carbonyl (C=O) groups is 1. The van der Waals surface area contributed by atoms with Gasteiger partial charge in [-0.05, 0) is 18.1 Å². The number of aliphatic hydroxyl groups is 1. The van der Waals surface area contributed by atoms with Gasteiger partial charge in [-0.2, -0.15) is 9.90 Å². The molecule has 1 unspecified atom stereocenters. The summed E-state index contributed by atoms with van der Waals surface area (Å²) in [6, 6.07) is 9.37. The number of hydrogen-bond acceptors (Lipinski definition) is 4. The van der Waals surface area contributed by atoms with E-state index in [9.17, 15) is 4.79 Å². The third-order valence-electron chi connectivity index (χ3n) is 2.63. The van der Waals surface area contributed by atoms with Crippen LogP contribution in [-0.4, -0.2) is 39.2 Å². The summed E-state index contributed by atoms with van der Waals surface area (Å²) in [7, 11) is 0. The Labute approximate surface area is 111 Å². The van der Waals surface area contributed by atoms with E-state index in [1.165, 1.54) is 11.0 Å². The minimum absolute atomic E-state index is 0.0214. The summed E-state index contributed by atoms with van der Waals surface area (Å²) < 4.78 is 0. The van der Waals surface area contributed by atoms with Crippen molar-refractivity contribution >= 4 is 5.91 Å². The molecule has 0 spiro atoms. The van der Waals surface area contributed by atoms with E-state index in [1.807, 2.05) is 37.3 Å². The van der Waals surface area contributed by atoms with Gasteiger partial charge in [-0.1, -0.05) is 25.1 Å². The second kappa shape index (κ2) is 6.10. The van der Waals surface area contributed by atoms with Gasteiger partial charge < -0.3 is 10.4 Å². The molecule has 0 bridgehead atoms. The van der Waals surface area contributed by atoms with Gasteiger partial charge >= 0.3 is 0 Å². The number of amides is 1. The molecule has 1 amide bonds. The van der Waals surface area contributed by atoms with Crippen LogP contribution in [0.1, 0.15) is 17.4 Å². The van der Waals surface area contributed by atoms with Crippen molar-refractivity contribution in [3.05, 3.63) is 42.2 Å². The quantitative estimate of drug-likeness (QED) is 0.826. The molecule has 1 aromatic heterocycles. The molecule has 0 aliphatic carbocycles. The van der Waals surface area contributed by atoms with Gasteiger partial charge in [-0.25, -0.2) is 0 Å². The minimum atomic E-state index is -0.289. The summed E-state index contributed by atoms with van der Waals surface area (Å²) in [6.07, 6.45) is 1.42. The SMILES string of the molecule is CC(CO)CNC(=O)c1cnn(-c2ccccc2)n1. The molecule has 19 heavy (non-hydrogen) atoms. The number of aromatic nitrogens is 3. The number of aliphatic hydroxyl groups excluding tert-OH is 1. The predicted molar refractivity (Wildman–Crippen MR) is 69.9 cm³/mol. The van der Waals surface area contributed by atoms with Crippen LogP contribution < -0.4 is 5.32 Å². The van der Waals surface area contributed by atoms with Crippen molar-refractivity contribution in [2.75, 3.05) is 13.2 Å². The first-order valence-electron chi connectivity index (χ1n) is 6.07. The summed E-state index contributed by atoms with van der Waals surface area (Å²) in [4.78, 5) is 13.2. The molecule has 100 valence electrons. The Morgan fingerprint density at radius 3 is 2.84 bits per heavy atom. The summed E-state index contributed by atoms with van der Waals surface area (Å²) in [6.45, 7) is 2.30. The van der Waals surface area contributed by atoms with E-state index in [4.69, 9.17) is 5.11 Å². The molecule has 1 aromatic carbocycles. The fraction of sp³-hybridized carbons (Fsp3) is 0.308. The minimum Gasteiger partial charge on any atom is -0.396 e. The van der Waals surface area contributed by atoms with Crippen molar-refractivity contribution in [1.82, 2.24) is 20.3 Å². The van der Waals surface area contributed by atoms with Gasteiger partial charge in [0.15, 0.2) is 5.69 Å². The average Bonchev–Trinajstić information content (AvgIpc) is 2.95. The molecule has 6 nitrogen and oxygen atoms in total. The van der Waals surface area contributed by atoms with Crippen LogP contribution >= 0.6 is 0 Å². The molecule has 2 rings (SSSR count). The fourth-order valence-electron chi connectivity index (χ4n) is 1.47. The van der Waals surface area contributed by atoms with Crippen LogP contribution in [0, 0.1) is 5.92 Å². The van der Waals surface area contributed by atoms with Crippen LogP contribution in [0.4, 0.5) is 0 Å². The lowest BCUT2D eigenvalue weighted by atomic mass is 10.2. The summed E-state index contributed by atoms with van der Waals surface area (Å²) in [5.74, 6) is -0.268. The van der Waals surface area contributed by atoms with Crippen LogP contribution in [0.3, 0.4) is 0 Å². The smallest absolute Gasteiger partial charge is 0.273 e. The zero-order valence-corrected chi connectivity index (χ0v) is 10.7. The molecule has 1 atom stereocenters. The number of hydrogen-bond donors (Lipinski definition) is 2. The first-order valence-corrected chi connectivity index (χ1v) is 6.07. The van der Waals surface area contributed by atoms with E-state index in [0.717, 1.165) is 5.69 Å². The highest BCUT2D eigenvalue weighted by Crippen LogP contribution is 2.04. The second-order valence-electron chi connectivity index (χ2n) is 4.35. The molecule has 0 saturated heterocycles. The molecule has 0 radical (unpaired) electrons. The van der Waals surface area contributed by atoms with Crippen LogP contribution in [0.25, 0.3) is 5.69 Å². The molecular formula is C13H16N4O2. The van der Waals surface area contributed by atoms with Gasteiger partial charge in [0.05, 0.1) is 11.9 Å². The maximum atomic E-state index is 11.8. The van der Waals surface area contributed by atoms with E-state index in [-0.39, 0.29) is 24.1 Å². The normalized spacial score (nSPS) is 12.1. The third kappa shape index (κ3) is 3.38. The van der Waals surface area contributed by atoms with Crippen LogP contribution in [-0.2, 0) is 0 Å². The molecule has 0 saturated carbocycles. The maximum absolute atomic E-state index is 11.8. The molecule has 0 fully saturated rings. The highest BCUT2D eigenvalue weighted by molar-refractivity contribution is 5.91. The number of nitrogens with one attached hydrogen (secondary N) is 1. The van der Waals surface area contributed by atoms with Crippen molar-refractivity contribution in [3.63, 3.8) is 0 Å². The van der Waals surface area contributed by atoms with Gasteiger partial charge in [-0.15, -0.1) is 5.10 Å². The first-order chi connectivity index (χ1) is 9.20. The lowest BCUT2D eigenvalue weighted by molar-refractivity contribution is 0.0937. The van der Waals surface area contributed by atoms with Crippen LogP contribution in [0.15, 0.2) is 36.5 Å². The molecule has 0 aliphatic heterocycles. The number of nitrogens with zero attached hydrogens (tertiary/aromatic N) is 3. The largest absolute Gasteiger partial charge is 0.396 e. The third-order valence-corrected chi connectivity index (χ3v) is 2.63. The standard InChI is InChI=1S/C13H16N4O2/c1-10(9-18)7-14-13(19)12-8-15-17(16-12)11-5-3-2-4-6-11/h2-6,8,10,18H,7,9H2,1H3,(H,14,19). The monoisotopic (exact) mass is 260 g/mol. The predicted octanol–water partition coefficient (Wildman–Crippen LogP) is 0.625. The Bertz CT molecular complexity index is 539. The summed E-state index contributed by atoms with van der Waals surface area (Å²) >= 11 is 0. The van der Waals surface area contributed by atoms with Crippen LogP contribution in [0.2, 0.25) is 0 Å².